The van der Waals surface area contributed by atoms with Gasteiger partial charge in [-0.25, -0.2) is 8.78 Å². The number of pyridine rings is 1. The molecule has 0 spiro atoms. The summed E-state index contributed by atoms with van der Waals surface area (Å²) >= 11 is 0. The molecule has 0 saturated carbocycles. The highest BCUT2D eigenvalue weighted by Crippen LogP contribution is 2.42. The fourth-order valence-electron chi connectivity index (χ4n) is 5.35. The van der Waals surface area contributed by atoms with E-state index in [-0.39, 0.29) is 11.6 Å². The maximum Gasteiger partial charge on any atom is 0.146 e. The van der Waals surface area contributed by atoms with Crippen LogP contribution in [0.2, 0.25) is 0 Å². The number of para-hydroxylation sites is 2. The van der Waals surface area contributed by atoms with Gasteiger partial charge in [0.1, 0.15) is 34.0 Å². The van der Waals surface area contributed by atoms with Crippen LogP contribution in [0.1, 0.15) is 26.3 Å². The minimum absolute atomic E-state index is 0.344. The number of halogens is 2. The number of nitrogens with zero attached hydrogens (tertiary/aromatic N) is 1. The summed E-state index contributed by atoms with van der Waals surface area (Å²) in [6.45, 7) is 5.89. The first kappa shape index (κ1) is 22.7. The van der Waals surface area contributed by atoms with Gasteiger partial charge < -0.3 is 8.83 Å². The Morgan fingerprint density at radius 2 is 1.39 bits per heavy atom. The van der Waals surface area contributed by atoms with E-state index in [1.807, 2.05) is 81.4 Å². The summed E-state index contributed by atoms with van der Waals surface area (Å²) in [4.78, 5) is 4.37. The predicted octanol–water partition coefficient (Wildman–Crippen LogP) is 9.79. The Balaban J connectivity index is 1.47. The van der Waals surface area contributed by atoms with Crippen molar-refractivity contribution in [3.63, 3.8) is 0 Å². The first-order valence-corrected chi connectivity index (χ1v) is 12.5. The van der Waals surface area contributed by atoms with E-state index in [4.69, 9.17) is 8.83 Å². The monoisotopic (exact) mass is 503 g/mol. The lowest BCUT2D eigenvalue weighted by atomic mass is 9.86. The zero-order chi connectivity index (χ0) is 26.2. The molecule has 0 aliphatic rings. The van der Waals surface area contributed by atoms with E-state index in [2.05, 4.69) is 4.98 Å². The molecule has 3 heterocycles. The fraction of sp³-hybridized carbons (Fsp3) is 0.121. The van der Waals surface area contributed by atoms with Gasteiger partial charge in [-0.15, -0.1) is 0 Å². The van der Waals surface area contributed by atoms with E-state index in [1.54, 1.807) is 12.1 Å². The molecule has 0 radical (unpaired) electrons. The molecule has 7 rings (SSSR count). The van der Waals surface area contributed by atoms with Gasteiger partial charge in [-0.3, -0.25) is 4.98 Å². The largest absolute Gasteiger partial charge is 0.456 e. The van der Waals surface area contributed by atoms with E-state index in [9.17, 15) is 4.39 Å². The van der Waals surface area contributed by atoms with Crippen LogP contribution in [-0.4, -0.2) is 4.98 Å². The van der Waals surface area contributed by atoms with E-state index in [0.29, 0.717) is 39.1 Å². The minimum Gasteiger partial charge on any atom is -0.456 e. The van der Waals surface area contributed by atoms with Crippen molar-refractivity contribution in [1.29, 1.82) is 0 Å². The number of hydrogen-bond acceptors (Lipinski definition) is 3. The third-order valence-electron chi connectivity index (χ3n) is 7.22. The van der Waals surface area contributed by atoms with Crippen molar-refractivity contribution in [3.05, 3.63) is 102 Å². The minimum atomic E-state index is -0.394. The Labute approximate surface area is 217 Å². The molecule has 7 aromatic rings. The van der Waals surface area contributed by atoms with Crippen LogP contribution in [0.3, 0.4) is 0 Å². The van der Waals surface area contributed by atoms with Crippen LogP contribution in [-0.2, 0) is 5.41 Å². The smallest absolute Gasteiger partial charge is 0.146 e. The van der Waals surface area contributed by atoms with Crippen LogP contribution < -0.4 is 0 Å². The van der Waals surface area contributed by atoms with Crippen molar-refractivity contribution in [3.8, 4) is 22.4 Å². The summed E-state index contributed by atoms with van der Waals surface area (Å²) in [6, 6.07) is 24.3. The van der Waals surface area contributed by atoms with Gasteiger partial charge in [0.15, 0.2) is 0 Å². The predicted molar refractivity (Wildman–Crippen MR) is 148 cm³/mol. The molecule has 4 aromatic carbocycles. The molecular weight excluding hydrogens is 480 g/mol. The van der Waals surface area contributed by atoms with Crippen molar-refractivity contribution < 1.29 is 17.6 Å². The Morgan fingerprint density at radius 3 is 2.24 bits per heavy atom. The number of furan rings is 2. The lowest BCUT2D eigenvalue weighted by Gasteiger charge is -2.20. The molecule has 0 atom stereocenters. The fourth-order valence-corrected chi connectivity index (χ4v) is 5.35. The highest BCUT2D eigenvalue weighted by molar-refractivity contribution is 6.13. The van der Waals surface area contributed by atoms with E-state index >= 15 is 4.39 Å². The zero-order valence-corrected chi connectivity index (χ0v) is 21.1. The Hall–Kier alpha value is -4.51. The lowest BCUT2D eigenvalue weighted by molar-refractivity contribution is 0.519. The topological polar surface area (TPSA) is 39.2 Å². The van der Waals surface area contributed by atoms with Crippen LogP contribution in [0.15, 0.2) is 93.9 Å². The number of hydrogen-bond donors (Lipinski definition) is 0. The maximum atomic E-state index is 15.4. The Morgan fingerprint density at radius 1 is 0.658 bits per heavy atom. The van der Waals surface area contributed by atoms with Gasteiger partial charge >= 0.3 is 0 Å². The molecule has 5 heteroatoms. The third kappa shape index (κ3) is 3.35. The number of fused-ring (bicyclic) bond motifs is 6. The first-order chi connectivity index (χ1) is 18.3. The number of aromatic nitrogens is 1. The quantitative estimate of drug-likeness (QED) is 0.236. The second kappa shape index (κ2) is 7.99. The van der Waals surface area contributed by atoms with Gasteiger partial charge in [0, 0.05) is 27.1 Å². The molecule has 0 bridgehead atoms. The molecular formula is C33H23F2NO2. The SMILES string of the molecule is CC(C)(C)c1cc(-c2cccc3c2oc2c(-c4ccc5c(c4)oc4ccccc45)c(F)ccc23)ncc1F. The number of rotatable bonds is 2. The van der Waals surface area contributed by atoms with Crippen molar-refractivity contribution in [2.24, 2.45) is 0 Å². The lowest BCUT2D eigenvalue weighted by Crippen LogP contribution is -2.14. The number of benzene rings is 4. The molecule has 186 valence electrons. The molecule has 0 fully saturated rings. The first-order valence-electron chi connectivity index (χ1n) is 12.5. The second-order valence-electron chi connectivity index (χ2n) is 10.7. The van der Waals surface area contributed by atoms with Crippen LogP contribution in [0, 0.1) is 11.6 Å². The van der Waals surface area contributed by atoms with Gasteiger partial charge in [-0.05, 0) is 59.0 Å². The molecule has 0 amide bonds. The molecule has 0 N–H and O–H groups in total. The molecule has 0 aliphatic carbocycles. The molecule has 3 nitrogen and oxygen atoms in total. The standard InChI is InChI=1S/C33H23F2NO2/c1-33(2,3)24-16-27(36-17-26(24)35)23-9-6-8-21-22-13-14-25(34)30(32(22)38-31(21)23)18-11-12-20-19-7-4-5-10-28(19)37-29(20)15-18/h4-17H,1-3H3. The van der Waals surface area contributed by atoms with Crippen LogP contribution >= 0.6 is 0 Å². The highest BCUT2D eigenvalue weighted by atomic mass is 19.1. The maximum absolute atomic E-state index is 15.4. The molecule has 0 aliphatic heterocycles. The van der Waals surface area contributed by atoms with Crippen LogP contribution in [0.25, 0.3) is 66.3 Å². The Kier molecular flexibility index (Phi) is 4.77. The van der Waals surface area contributed by atoms with E-state index < -0.39 is 5.41 Å². The van der Waals surface area contributed by atoms with Crippen molar-refractivity contribution in [1.82, 2.24) is 4.98 Å². The van der Waals surface area contributed by atoms with Crippen LogP contribution in [0.4, 0.5) is 8.78 Å². The average Bonchev–Trinajstić information content (AvgIpc) is 3.46. The van der Waals surface area contributed by atoms with Gasteiger partial charge in [0.25, 0.3) is 0 Å². The normalized spacial score (nSPS) is 12.3. The van der Waals surface area contributed by atoms with Gasteiger partial charge in [0.05, 0.1) is 17.5 Å². The summed E-state index contributed by atoms with van der Waals surface area (Å²) in [7, 11) is 0. The molecule has 3 aromatic heterocycles. The Bertz CT molecular complexity index is 2040. The molecule has 0 saturated heterocycles. The van der Waals surface area contributed by atoms with Crippen LogP contribution in [0.5, 0.6) is 0 Å². The van der Waals surface area contributed by atoms with Gasteiger partial charge in [0.2, 0.25) is 0 Å². The van der Waals surface area contributed by atoms with E-state index in [1.165, 1.54) is 12.3 Å². The summed E-state index contributed by atoms with van der Waals surface area (Å²) in [6.07, 6.45) is 1.26. The third-order valence-corrected chi connectivity index (χ3v) is 7.22. The molecule has 38 heavy (non-hydrogen) atoms. The van der Waals surface area contributed by atoms with Gasteiger partial charge in [-0.2, -0.15) is 0 Å². The summed E-state index contributed by atoms with van der Waals surface area (Å²) in [5.74, 6) is -0.730. The summed E-state index contributed by atoms with van der Waals surface area (Å²) < 4.78 is 42.5. The van der Waals surface area contributed by atoms with Gasteiger partial charge in [-0.1, -0.05) is 57.2 Å². The van der Waals surface area contributed by atoms with Crippen molar-refractivity contribution >= 4 is 43.9 Å². The van der Waals surface area contributed by atoms with Crippen molar-refractivity contribution in [2.45, 2.75) is 26.2 Å². The second-order valence-corrected chi connectivity index (χ2v) is 10.7. The van der Waals surface area contributed by atoms with E-state index in [0.717, 1.165) is 32.7 Å². The zero-order valence-electron chi connectivity index (χ0n) is 21.1. The average molecular weight is 504 g/mol. The summed E-state index contributed by atoms with van der Waals surface area (Å²) in [5, 5.41) is 3.62. The molecule has 0 unspecified atom stereocenters. The summed E-state index contributed by atoms with van der Waals surface area (Å²) in [5.41, 5.74) is 5.03. The highest BCUT2D eigenvalue weighted by Gasteiger charge is 2.23. The van der Waals surface area contributed by atoms with Crippen molar-refractivity contribution in [2.75, 3.05) is 0 Å².